The first-order valence-corrected chi connectivity index (χ1v) is 6.17. The van der Waals surface area contributed by atoms with Gasteiger partial charge in [0, 0.05) is 18.0 Å². The standard InChI is InChI=1S/C11H12ClNO2S/c1-2-15-10(14)6-4-8-16-11-9(12)5-3-7-13-11/h3-7H,2,8H2,1H3/b6-4+. The van der Waals surface area contributed by atoms with Crippen molar-refractivity contribution in [3.8, 4) is 0 Å². The molecule has 0 spiro atoms. The van der Waals surface area contributed by atoms with Crippen LogP contribution in [0.15, 0.2) is 35.5 Å². The van der Waals surface area contributed by atoms with E-state index in [1.54, 1.807) is 31.3 Å². The largest absolute Gasteiger partial charge is 0.463 e. The van der Waals surface area contributed by atoms with E-state index < -0.39 is 0 Å². The van der Waals surface area contributed by atoms with Crippen molar-refractivity contribution < 1.29 is 9.53 Å². The quantitative estimate of drug-likeness (QED) is 0.462. The van der Waals surface area contributed by atoms with Crippen LogP contribution in [-0.2, 0) is 9.53 Å². The zero-order valence-corrected chi connectivity index (χ0v) is 10.4. The topological polar surface area (TPSA) is 39.2 Å². The molecule has 16 heavy (non-hydrogen) atoms. The number of aromatic nitrogens is 1. The number of ether oxygens (including phenoxy) is 1. The zero-order chi connectivity index (χ0) is 11.8. The average Bonchev–Trinajstić information content (AvgIpc) is 2.27. The Morgan fingerprint density at radius 1 is 1.69 bits per heavy atom. The normalized spacial score (nSPS) is 10.6. The van der Waals surface area contributed by atoms with Crippen molar-refractivity contribution in [1.82, 2.24) is 4.98 Å². The Morgan fingerprint density at radius 2 is 2.50 bits per heavy atom. The van der Waals surface area contributed by atoms with Crippen LogP contribution in [0.3, 0.4) is 0 Å². The zero-order valence-electron chi connectivity index (χ0n) is 8.85. The molecule has 0 bridgehead atoms. The first-order valence-electron chi connectivity index (χ1n) is 4.80. The monoisotopic (exact) mass is 257 g/mol. The molecule has 1 aromatic rings. The van der Waals surface area contributed by atoms with E-state index in [1.807, 2.05) is 0 Å². The van der Waals surface area contributed by atoms with Crippen molar-refractivity contribution in [3.63, 3.8) is 0 Å². The molecule has 0 saturated heterocycles. The predicted molar refractivity (Wildman–Crippen MR) is 65.7 cm³/mol. The molecular formula is C11H12ClNO2S. The van der Waals surface area contributed by atoms with Gasteiger partial charge in [-0.2, -0.15) is 0 Å². The minimum atomic E-state index is -0.324. The van der Waals surface area contributed by atoms with Crippen LogP contribution >= 0.6 is 23.4 Å². The molecule has 0 saturated carbocycles. The number of nitrogens with zero attached hydrogens (tertiary/aromatic N) is 1. The maximum absolute atomic E-state index is 11.0. The van der Waals surface area contributed by atoms with E-state index in [0.29, 0.717) is 17.4 Å². The molecule has 5 heteroatoms. The van der Waals surface area contributed by atoms with Crippen molar-refractivity contribution >= 4 is 29.3 Å². The van der Waals surface area contributed by atoms with E-state index in [2.05, 4.69) is 4.98 Å². The van der Waals surface area contributed by atoms with E-state index in [9.17, 15) is 4.79 Å². The van der Waals surface area contributed by atoms with E-state index in [0.717, 1.165) is 5.03 Å². The number of pyridine rings is 1. The van der Waals surface area contributed by atoms with Gasteiger partial charge in [0.1, 0.15) is 5.03 Å². The Morgan fingerprint density at radius 3 is 3.19 bits per heavy atom. The van der Waals surface area contributed by atoms with E-state index in [1.165, 1.54) is 17.8 Å². The second-order valence-corrected chi connectivity index (χ2v) is 4.17. The van der Waals surface area contributed by atoms with E-state index in [4.69, 9.17) is 16.3 Å². The van der Waals surface area contributed by atoms with Crippen molar-refractivity contribution in [2.75, 3.05) is 12.4 Å². The fraction of sp³-hybridized carbons (Fsp3) is 0.273. The van der Waals surface area contributed by atoms with Gasteiger partial charge in [-0.05, 0) is 19.1 Å². The molecule has 1 aromatic heterocycles. The SMILES string of the molecule is CCOC(=O)/C=C/CSc1ncccc1Cl. The highest BCUT2D eigenvalue weighted by Crippen LogP contribution is 2.23. The second kappa shape index (κ2) is 7.30. The summed E-state index contributed by atoms with van der Waals surface area (Å²) in [5.41, 5.74) is 0. The summed E-state index contributed by atoms with van der Waals surface area (Å²) in [5, 5.41) is 1.38. The molecule has 0 atom stereocenters. The van der Waals surface area contributed by atoms with Gasteiger partial charge >= 0.3 is 5.97 Å². The fourth-order valence-electron chi connectivity index (χ4n) is 0.939. The predicted octanol–water partition coefficient (Wildman–Crippen LogP) is 2.95. The lowest BCUT2D eigenvalue weighted by molar-refractivity contribution is -0.137. The fourth-order valence-corrected chi connectivity index (χ4v) is 1.92. The molecule has 0 unspecified atom stereocenters. The van der Waals surface area contributed by atoms with Crippen LogP contribution in [0.1, 0.15) is 6.92 Å². The van der Waals surface area contributed by atoms with Crippen molar-refractivity contribution in [1.29, 1.82) is 0 Å². The van der Waals surface area contributed by atoms with Gasteiger partial charge in [-0.25, -0.2) is 9.78 Å². The first kappa shape index (κ1) is 13.1. The number of carbonyl (C=O) groups excluding carboxylic acids is 1. The molecule has 0 N–H and O–H groups in total. The molecule has 0 radical (unpaired) electrons. The summed E-state index contributed by atoms with van der Waals surface area (Å²) in [7, 11) is 0. The highest BCUT2D eigenvalue weighted by Gasteiger charge is 1.99. The number of hydrogen-bond acceptors (Lipinski definition) is 4. The lowest BCUT2D eigenvalue weighted by Gasteiger charge is -1.99. The van der Waals surface area contributed by atoms with Gasteiger partial charge in [0.15, 0.2) is 0 Å². The summed E-state index contributed by atoms with van der Waals surface area (Å²) < 4.78 is 4.74. The Labute approximate surface area is 104 Å². The summed E-state index contributed by atoms with van der Waals surface area (Å²) >= 11 is 7.39. The highest BCUT2D eigenvalue weighted by atomic mass is 35.5. The van der Waals surface area contributed by atoms with Crippen LogP contribution in [0.2, 0.25) is 5.02 Å². The van der Waals surface area contributed by atoms with Crippen LogP contribution < -0.4 is 0 Å². The van der Waals surface area contributed by atoms with Crippen LogP contribution in [0.4, 0.5) is 0 Å². The van der Waals surface area contributed by atoms with E-state index in [-0.39, 0.29) is 5.97 Å². The van der Waals surface area contributed by atoms with Crippen molar-refractivity contribution in [3.05, 3.63) is 35.5 Å². The number of halogens is 1. The number of rotatable bonds is 5. The first-order chi connectivity index (χ1) is 7.74. The molecule has 3 nitrogen and oxygen atoms in total. The minimum Gasteiger partial charge on any atom is -0.463 e. The molecule has 0 aliphatic rings. The Balaban J connectivity index is 2.36. The van der Waals surface area contributed by atoms with Gasteiger partial charge in [-0.15, -0.1) is 11.8 Å². The van der Waals surface area contributed by atoms with Gasteiger partial charge in [0.05, 0.1) is 11.6 Å². The minimum absolute atomic E-state index is 0.324. The molecule has 0 aromatic carbocycles. The van der Waals surface area contributed by atoms with Crippen molar-refractivity contribution in [2.45, 2.75) is 11.9 Å². The average molecular weight is 258 g/mol. The molecule has 0 fully saturated rings. The smallest absolute Gasteiger partial charge is 0.330 e. The molecule has 1 rings (SSSR count). The summed E-state index contributed by atoms with van der Waals surface area (Å²) in [6, 6.07) is 3.56. The van der Waals surface area contributed by atoms with E-state index >= 15 is 0 Å². The van der Waals surface area contributed by atoms with Gasteiger partial charge in [-0.3, -0.25) is 0 Å². The summed E-state index contributed by atoms with van der Waals surface area (Å²) in [5.74, 6) is 0.311. The Hall–Kier alpha value is -1.00. The molecule has 1 heterocycles. The summed E-state index contributed by atoms with van der Waals surface area (Å²) in [4.78, 5) is 15.1. The van der Waals surface area contributed by atoms with Gasteiger partial charge in [0.25, 0.3) is 0 Å². The Bertz CT molecular complexity index is 382. The Kier molecular flexibility index (Phi) is 5.96. The maximum Gasteiger partial charge on any atom is 0.330 e. The lowest BCUT2D eigenvalue weighted by atomic mass is 10.5. The molecule has 0 amide bonds. The number of esters is 1. The van der Waals surface area contributed by atoms with Crippen LogP contribution in [0.25, 0.3) is 0 Å². The second-order valence-electron chi connectivity index (χ2n) is 2.76. The van der Waals surface area contributed by atoms with Gasteiger partial charge in [0.2, 0.25) is 0 Å². The lowest BCUT2D eigenvalue weighted by Crippen LogP contribution is -1.98. The maximum atomic E-state index is 11.0. The summed E-state index contributed by atoms with van der Waals surface area (Å²) in [6.07, 6.45) is 4.82. The number of thioether (sulfide) groups is 1. The molecule has 0 aliphatic carbocycles. The van der Waals surface area contributed by atoms with Crippen LogP contribution in [-0.4, -0.2) is 23.3 Å². The van der Waals surface area contributed by atoms with Gasteiger partial charge < -0.3 is 4.74 Å². The third-order valence-electron chi connectivity index (χ3n) is 1.58. The molecule has 0 aliphatic heterocycles. The molecule has 86 valence electrons. The summed E-state index contributed by atoms with van der Waals surface area (Å²) in [6.45, 7) is 2.16. The third-order valence-corrected chi connectivity index (χ3v) is 2.96. The third kappa shape index (κ3) is 4.68. The number of hydrogen-bond donors (Lipinski definition) is 0. The highest BCUT2D eigenvalue weighted by molar-refractivity contribution is 7.99. The number of carbonyl (C=O) groups is 1. The molecular weight excluding hydrogens is 246 g/mol. The van der Waals surface area contributed by atoms with Crippen molar-refractivity contribution in [2.24, 2.45) is 0 Å². The van der Waals surface area contributed by atoms with Crippen LogP contribution in [0, 0.1) is 0 Å². The van der Waals surface area contributed by atoms with Crippen LogP contribution in [0.5, 0.6) is 0 Å². The van der Waals surface area contributed by atoms with Gasteiger partial charge in [-0.1, -0.05) is 17.7 Å².